The highest BCUT2D eigenvalue weighted by Crippen LogP contribution is 2.45. The Hall–Kier alpha value is -2.43. The molecular weight excluding hydrogens is 743 g/mol. The van der Waals surface area contributed by atoms with Crippen LogP contribution >= 0.6 is 15.9 Å². The average Bonchev–Trinajstić information content (AvgIpc) is 3.01. The molecule has 2 fully saturated rings. The molecule has 1 saturated heterocycles. The van der Waals surface area contributed by atoms with Crippen LogP contribution in [0.25, 0.3) is 0 Å². The Bertz CT molecular complexity index is 1470. The van der Waals surface area contributed by atoms with Gasteiger partial charge in [-0.1, -0.05) is 78.4 Å². The smallest absolute Gasteiger partial charge is 0.338 e. The first kappa shape index (κ1) is 33.9. The Balaban J connectivity index is 0.00000400. The summed E-state index contributed by atoms with van der Waals surface area (Å²) >= 11 is 3.58. The van der Waals surface area contributed by atoms with Crippen molar-refractivity contribution in [2.45, 2.75) is 76.4 Å². The van der Waals surface area contributed by atoms with E-state index in [2.05, 4.69) is 28.3 Å². The fourth-order valence-corrected chi connectivity index (χ4v) is 7.73. The number of hydrogen-bond donors (Lipinski definition) is 1. The molecule has 1 saturated carbocycles. The van der Waals surface area contributed by atoms with E-state index in [-0.39, 0.29) is 42.5 Å². The predicted octanol–water partition coefficient (Wildman–Crippen LogP) is 5.13. The highest BCUT2D eigenvalue weighted by atomic mass is 127. The Morgan fingerprint density at radius 3 is 2.22 bits per heavy atom. The number of ether oxygens (including phenoxy) is 2. The Morgan fingerprint density at radius 1 is 0.867 bits per heavy atom. The summed E-state index contributed by atoms with van der Waals surface area (Å²) < 4.78 is 13.8. The molecular formula is C37H44BrIN2O4. The lowest BCUT2D eigenvalue weighted by Gasteiger charge is -2.43. The summed E-state index contributed by atoms with van der Waals surface area (Å²) in [6.07, 6.45) is 11.6. The van der Waals surface area contributed by atoms with Gasteiger partial charge in [0.15, 0.2) is 0 Å². The number of amides is 1. The van der Waals surface area contributed by atoms with E-state index in [1.54, 1.807) is 18.2 Å². The van der Waals surface area contributed by atoms with Gasteiger partial charge in [0.05, 0.1) is 38.2 Å². The second kappa shape index (κ2) is 15.4. The number of benzene rings is 3. The zero-order chi connectivity index (χ0) is 30.5. The van der Waals surface area contributed by atoms with Crippen LogP contribution < -0.4 is 34.0 Å². The number of halogens is 2. The number of quaternary nitrogens is 1. The molecule has 1 atom stereocenters. The maximum Gasteiger partial charge on any atom is 0.338 e. The van der Waals surface area contributed by atoms with Crippen molar-refractivity contribution in [3.05, 3.63) is 93.5 Å². The van der Waals surface area contributed by atoms with Crippen molar-refractivity contribution < 1.29 is 47.5 Å². The number of rotatable bonds is 7. The molecule has 1 N–H and O–H groups in total. The summed E-state index contributed by atoms with van der Waals surface area (Å²) in [6.45, 7) is 3.63. The summed E-state index contributed by atoms with van der Waals surface area (Å²) in [5.74, 6) is 1.01. The molecule has 0 bridgehead atoms. The zero-order valence-corrected chi connectivity index (χ0v) is 29.9. The number of piperidine rings is 1. The van der Waals surface area contributed by atoms with Crippen molar-refractivity contribution in [3.8, 4) is 11.5 Å². The second-order valence-corrected chi connectivity index (χ2v) is 14.2. The minimum Gasteiger partial charge on any atom is -1.00 e. The maximum atomic E-state index is 14.1. The van der Waals surface area contributed by atoms with Crippen LogP contribution in [0.5, 0.6) is 11.5 Å². The molecule has 8 heteroatoms. The van der Waals surface area contributed by atoms with E-state index in [1.807, 2.05) is 48.5 Å². The van der Waals surface area contributed by atoms with Gasteiger partial charge in [-0.2, -0.15) is 0 Å². The Kier molecular flexibility index (Phi) is 11.6. The van der Waals surface area contributed by atoms with Crippen molar-refractivity contribution in [1.82, 2.24) is 5.32 Å². The number of fused-ring (bicyclic) bond motifs is 2. The highest BCUT2D eigenvalue weighted by Gasteiger charge is 2.37. The molecule has 1 amide bonds. The molecule has 2 heterocycles. The zero-order valence-electron chi connectivity index (χ0n) is 26.1. The van der Waals surface area contributed by atoms with Crippen LogP contribution in [0.2, 0.25) is 0 Å². The summed E-state index contributed by atoms with van der Waals surface area (Å²) in [6, 6.07) is 20.8. The SMILES string of the molecule is C[N+]1(CC2CCCCCCC2)CCC(NC(=O)C2c3cc(Br)ccc3Oc3ccc(C(=O)OCc4ccccc4)cc32)CC1.[I-]. The van der Waals surface area contributed by atoms with Crippen LogP contribution in [0.3, 0.4) is 0 Å². The van der Waals surface area contributed by atoms with E-state index in [0.717, 1.165) is 51.9 Å². The van der Waals surface area contributed by atoms with Gasteiger partial charge in [0.1, 0.15) is 18.1 Å². The van der Waals surface area contributed by atoms with Crippen molar-refractivity contribution >= 4 is 27.8 Å². The number of carbonyl (C=O) groups excluding carboxylic acids is 2. The molecule has 240 valence electrons. The van der Waals surface area contributed by atoms with Crippen LogP contribution in [0.15, 0.2) is 71.2 Å². The Labute approximate surface area is 293 Å². The molecule has 6 rings (SSSR count). The largest absolute Gasteiger partial charge is 1.00 e. The van der Waals surface area contributed by atoms with Gasteiger partial charge in [0.2, 0.25) is 5.91 Å². The lowest BCUT2D eigenvalue weighted by molar-refractivity contribution is -0.917. The molecule has 3 aromatic carbocycles. The molecule has 3 aliphatic rings. The van der Waals surface area contributed by atoms with E-state index in [4.69, 9.17) is 9.47 Å². The number of nitrogens with one attached hydrogen (secondary N) is 1. The summed E-state index contributed by atoms with van der Waals surface area (Å²) in [5.41, 5.74) is 2.80. The minimum absolute atomic E-state index is 0. The van der Waals surface area contributed by atoms with Crippen molar-refractivity contribution in [2.24, 2.45) is 5.92 Å². The molecule has 45 heavy (non-hydrogen) atoms. The quantitative estimate of drug-likeness (QED) is 0.205. The van der Waals surface area contributed by atoms with Crippen molar-refractivity contribution in [3.63, 3.8) is 0 Å². The van der Waals surface area contributed by atoms with Crippen LogP contribution in [-0.4, -0.2) is 49.1 Å². The van der Waals surface area contributed by atoms with Gasteiger partial charge in [-0.05, 0) is 54.8 Å². The second-order valence-electron chi connectivity index (χ2n) is 13.3. The number of nitrogens with zero attached hydrogens (tertiary/aromatic N) is 1. The van der Waals surface area contributed by atoms with Gasteiger partial charge in [0.25, 0.3) is 0 Å². The fourth-order valence-electron chi connectivity index (χ4n) is 7.36. The topological polar surface area (TPSA) is 64.6 Å². The van der Waals surface area contributed by atoms with Crippen LogP contribution in [-0.2, 0) is 16.1 Å². The van der Waals surface area contributed by atoms with Crippen LogP contribution in [0.4, 0.5) is 0 Å². The average molecular weight is 788 g/mol. The first-order chi connectivity index (χ1) is 21.4. The number of hydrogen-bond acceptors (Lipinski definition) is 4. The van der Waals surface area contributed by atoms with Crippen LogP contribution in [0.1, 0.15) is 90.8 Å². The summed E-state index contributed by atoms with van der Waals surface area (Å²) in [4.78, 5) is 27.2. The van der Waals surface area contributed by atoms with Crippen molar-refractivity contribution in [2.75, 3.05) is 26.7 Å². The van der Waals surface area contributed by atoms with Crippen LogP contribution in [0, 0.1) is 5.92 Å². The van der Waals surface area contributed by atoms with Gasteiger partial charge in [-0.25, -0.2) is 4.79 Å². The summed E-state index contributed by atoms with van der Waals surface area (Å²) in [7, 11) is 2.41. The molecule has 1 aliphatic carbocycles. The normalized spacial score (nSPS) is 23.2. The van der Waals surface area contributed by atoms with Gasteiger partial charge >= 0.3 is 5.97 Å². The number of esters is 1. The molecule has 2 aliphatic heterocycles. The summed E-state index contributed by atoms with van der Waals surface area (Å²) in [5, 5.41) is 3.41. The third-order valence-electron chi connectivity index (χ3n) is 9.84. The molecule has 6 nitrogen and oxygen atoms in total. The monoisotopic (exact) mass is 786 g/mol. The van der Waals surface area contributed by atoms with E-state index in [9.17, 15) is 9.59 Å². The van der Waals surface area contributed by atoms with Crippen molar-refractivity contribution in [1.29, 1.82) is 0 Å². The first-order valence-corrected chi connectivity index (χ1v) is 17.1. The highest BCUT2D eigenvalue weighted by molar-refractivity contribution is 9.10. The first-order valence-electron chi connectivity index (χ1n) is 16.3. The van der Waals surface area contributed by atoms with Gasteiger partial charge in [-0.15, -0.1) is 0 Å². The molecule has 0 radical (unpaired) electrons. The van der Waals surface area contributed by atoms with E-state index < -0.39 is 11.9 Å². The number of carbonyl (C=O) groups is 2. The maximum absolute atomic E-state index is 14.1. The Morgan fingerprint density at radius 2 is 1.51 bits per heavy atom. The van der Waals surface area contributed by atoms with Gasteiger partial charge in [0, 0.05) is 40.4 Å². The molecule has 1 unspecified atom stereocenters. The predicted molar refractivity (Wildman–Crippen MR) is 176 cm³/mol. The lowest BCUT2D eigenvalue weighted by atomic mass is 9.85. The van der Waals surface area contributed by atoms with E-state index in [0.29, 0.717) is 22.6 Å². The van der Waals surface area contributed by atoms with Gasteiger partial charge < -0.3 is 43.3 Å². The molecule has 0 aromatic heterocycles. The third-order valence-corrected chi connectivity index (χ3v) is 10.3. The van der Waals surface area contributed by atoms with E-state index in [1.165, 1.54) is 51.5 Å². The lowest BCUT2D eigenvalue weighted by Crippen LogP contribution is -3.00. The van der Waals surface area contributed by atoms with Gasteiger partial charge in [-0.3, -0.25) is 4.79 Å². The van der Waals surface area contributed by atoms with E-state index >= 15 is 0 Å². The molecule has 0 spiro atoms. The standard InChI is InChI=1S/C37H43BrN2O4.HI/c1-40(24-26-10-6-3-2-4-7-11-26)20-18-30(19-21-40)39-36(41)35-31-22-28(37(42)43-25-27-12-8-5-9-13-27)14-16-33(31)44-34-17-15-29(38)23-32(34)35;/h5,8-9,12-17,22-23,26,30,35H,2-4,6-7,10-11,18-21,24-25H2,1H3;1H. The molecule has 3 aromatic rings. The number of likely N-dealkylation sites (tertiary alicyclic amines) is 1. The minimum atomic E-state index is -0.592. The third kappa shape index (κ3) is 8.49. The fraction of sp³-hybridized carbons (Fsp3) is 0.459.